The Morgan fingerprint density at radius 3 is 1.66 bits per heavy atom. The maximum absolute atomic E-state index is 11.3. The highest BCUT2D eigenvalue weighted by molar-refractivity contribution is 5.78. The van der Waals surface area contributed by atoms with Crippen molar-refractivity contribution < 1.29 is 14.3 Å². The van der Waals surface area contributed by atoms with Crippen LogP contribution < -0.4 is 0 Å². The maximum Gasteiger partial charge on any atom is 0.132 e. The third-order valence-electron chi connectivity index (χ3n) is 4.65. The molecule has 0 aliphatic heterocycles. The topological polar surface area (TPSA) is 105 Å². The van der Waals surface area contributed by atoms with E-state index in [1.54, 1.807) is 9.36 Å². The smallest absolute Gasteiger partial charge is 0.132 e. The monoisotopic (exact) mass is 404 g/mol. The predicted octanol–water partition coefficient (Wildman–Crippen LogP) is 2.89. The van der Waals surface area contributed by atoms with E-state index in [-0.39, 0.29) is 0 Å². The summed E-state index contributed by atoms with van der Waals surface area (Å²) in [7, 11) is 0. The molecule has 0 atom stereocenters. The van der Waals surface area contributed by atoms with E-state index in [1.807, 2.05) is 26.2 Å². The molecule has 29 heavy (non-hydrogen) atoms. The first kappa shape index (κ1) is 22.9. The summed E-state index contributed by atoms with van der Waals surface area (Å²) in [5.74, 6) is 0.613. The lowest BCUT2D eigenvalue weighted by Gasteiger charge is -2.00. The van der Waals surface area contributed by atoms with Gasteiger partial charge >= 0.3 is 0 Å². The molecule has 0 fully saturated rings. The number of carbonyl (C=O) groups excluding carboxylic acids is 2. The first-order valence-electron chi connectivity index (χ1n) is 10.5. The van der Waals surface area contributed by atoms with Gasteiger partial charge in [-0.3, -0.25) is 19.0 Å². The molecule has 0 N–H and O–H groups in total. The molecule has 0 aliphatic carbocycles. The number of hydrogen-bond acceptors (Lipinski definition) is 7. The van der Waals surface area contributed by atoms with Gasteiger partial charge in [0.05, 0.1) is 25.6 Å². The minimum absolute atomic E-state index is 0.307. The average Bonchev–Trinajstić information content (AvgIpc) is 3.37. The second kappa shape index (κ2) is 12.9. The van der Waals surface area contributed by atoms with Gasteiger partial charge in [0.1, 0.15) is 23.0 Å². The van der Waals surface area contributed by atoms with E-state index in [0.717, 1.165) is 50.2 Å². The van der Waals surface area contributed by atoms with Crippen LogP contribution in [0.5, 0.6) is 0 Å². The van der Waals surface area contributed by atoms with Crippen LogP contribution >= 0.6 is 0 Å². The van der Waals surface area contributed by atoms with Crippen LogP contribution in [0.2, 0.25) is 0 Å². The molecule has 9 heteroatoms. The van der Waals surface area contributed by atoms with Crippen LogP contribution in [0.3, 0.4) is 0 Å². The molecular formula is C20H32N6O3. The molecule has 9 nitrogen and oxygen atoms in total. The van der Waals surface area contributed by atoms with Crippen molar-refractivity contribution in [2.75, 3.05) is 0 Å². The zero-order chi connectivity index (χ0) is 20.9. The number of Topliss-reactive ketones (excluding diaryl/α,β-unsaturated/α-hetero) is 2. The third-order valence-corrected chi connectivity index (χ3v) is 4.65. The average molecular weight is 405 g/mol. The van der Waals surface area contributed by atoms with Crippen LogP contribution in [-0.2, 0) is 40.6 Å². The lowest BCUT2D eigenvalue weighted by Crippen LogP contribution is -2.01. The second-order valence-electron chi connectivity index (χ2n) is 7.14. The lowest BCUT2D eigenvalue weighted by molar-refractivity contribution is -0.119. The molecule has 0 aromatic carbocycles. The molecule has 0 saturated heterocycles. The van der Waals surface area contributed by atoms with Gasteiger partial charge in [-0.25, -0.2) is 0 Å². The number of rotatable bonds is 16. The summed E-state index contributed by atoms with van der Waals surface area (Å²) in [6, 6.07) is 0. The van der Waals surface area contributed by atoms with Crippen molar-refractivity contribution in [3.8, 4) is 0 Å². The summed E-state index contributed by atoms with van der Waals surface area (Å²) in [6.07, 6.45) is 9.81. The number of hydrogen-bond donors (Lipinski definition) is 0. The Balaban J connectivity index is 1.60. The molecule has 2 aromatic rings. The van der Waals surface area contributed by atoms with Gasteiger partial charge in [0.25, 0.3) is 0 Å². The van der Waals surface area contributed by atoms with E-state index in [1.165, 1.54) is 0 Å². The lowest BCUT2D eigenvalue weighted by atomic mass is 10.1. The number of unbranched alkanes of at least 4 members (excludes halogenated alkanes) is 2. The van der Waals surface area contributed by atoms with Crippen molar-refractivity contribution in [1.82, 2.24) is 30.0 Å². The molecule has 0 amide bonds. The van der Waals surface area contributed by atoms with Gasteiger partial charge < -0.3 is 4.74 Å². The first-order valence-corrected chi connectivity index (χ1v) is 10.5. The van der Waals surface area contributed by atoms with E-state index in [2.05, 4.69) is 20.6 Å². The number of aryl methyl sites for hydroxylation is 2. The summed E-state index contributed by atoms with van der Waals surface area (Å²) in [5, 5.41) is 16.4. The van der Waals surface area contributed by atoms with E-state index in [9.17, 15) is 9.59 Å². The fourth-order valence-corrected chi connectivity index (χ4v) is 2.83. The Hall–Kier alpha value is -2.42. The zero-order valence-electron chi connectivity index (χ0n) is 17.5. The second-order valence-corrected chi connectivity index (χ2v) is 7.14. The van der Waals surface area contributed by atoms with Gasteiger partial charge in [0.2, 0.25) is 0 Å². The van der Waals surface area contributed by atoms with Gasteiger partial charge in [0, 0.05) is 38.8 Å². The summed E-state index contributed by atoms with van der Waals surface area (Å²) in [6.45, 7) is 6.01. The normalized spacial score (nSPS) is 11.1. The largest absolute Gasteiger partial charge is 0.369 e. The van der Waals surface area contributed by atoms with Crippen LogP contribution in [0.4, 0.5) is 0 Å². The molecule has 160 valence electrons. The highest BCUT2D eigenvalue weighted by Crippen LogP contribution is 2.05. The molecule has 0 spiro atoms. The Kier molecular flexibility index (Phi) is 10.2. The third kappa shape index (κ3) is 9.08. The molecule has 2 rings (SSSR count). The van der Waals surface area contributed by atoms with E-state index >= 15 is 0 Å². The van der Waals surface area contributed by atoms with E-state index in [0.29, 0.717) is 50.5 Å². The highest BCUT2D eigenvalue weighted by Gasteiger charge is 2.05. The summed E-state index contributed by atoms with van der Waals surface area (Å²) >= 11 is 0. The fourth-order valence-electron chi connectivity index (χ4n) is 2.83. The molecule has 0 saturated carbocycles. The van der Waals surface area contributed by atoms with Gasteiger partial charge in [-0.05, 0) is 25.7 Å². The maximum atomic E-state index is 11.3. The van der Waals surface area contributed by atoms with Gasteiger partial charge in [0.15, 0.2) is 0 Å². The zero-order valence-corrected chi connectivity index (χ0v) is 17.5. The van der Waals surface area contributed by atoms with Gasteiger partial charge in [-0.2, -0.15) is 0 Å². The number of ketones is 2. The Labute approximate surface area is 171 Å². The van der Waals surface area contributed by atoms with Crippen LogP contribution in [-0.4, -0.2) is 41.6 Å². The van der Waals surface area contributed by atoms with Crippen molar-refractivity contribution >= 4 is 11.6 Å². The summed E-state index contributed by atoms with van der Waals surface area (Å²) in [5.41, 5.74) is 1.53. The highest BCUT2D eigenvalue weighted by atomic mass is 16.5. The van der Waals surface area contributed by atoms with Crippen molar-refractivity contribution in [3.05, 3.63) is 23.8 Å². The van der Waals surface area contributed by atoms with Crippen LogP contribution in [0.25, 0.3) is 0 Å². The Morgan fingerprint density at radius 2 is 1.24 bits per heavy atom. The van der Waals surface area contributed by atoms with E-state index in [4.69, 9.17) is 4.74 Å². The number of carbonyl (C=O) groups is 2. The molecule has 0 radical (unpaired) electrons. The Bertz CT molecular complexity index is 693. The van der Waals surface area contributed by atoms with Crippen molar-refractivity contribution in [2.45, 2.75) is 91.5 Å². The van der Waals surface area contributed by atoms with Crippen LogP contribution in [0.1, 0.15) is 76.6 Å². The standard InChI is InChI=1S/C20H32N6O3/c1-3-19(27)9-5-7-11-25-13-17(21-23-25)15-29-16-18-14-26(24-22-18)12-8-6-10-20(28)4-2/h13-14H,3-12,15-16H2,1-2H3. The number of ether oxygens (including phenoxy) is 1. The summed E-state index contributed by atoms with van der Waals surface area (Å²) < 4.78 is 9.23. The molecule has 2 aromatic heterocycles. The minimum Gasteiger partial charge on any atom is -0.369 e. The first-order chi connectivity index (χ1) is 14.1. The van der Waals surface area contributed by atoms with Crippen molar-refractivity contribution in [3.63, 3.8) is 0 Å². The predicted molar refractivity (Wildman–Crippen MR) is 107 cm³/mol. The van der Waals surface area contributed by atoms with Crippen LogP contribution in [0.15, 0.2) is 12.4 Å². The Morgan fingerprint density at radius 1 is 0.793 bits per heavy atom. The SMILES string of the molecule is CCC(=O)CCCCn1cc(COCc2cn(CCCCC(=O)CC)nn2)nn1. The van der Waals surface area contributed by atoms with Gasteiger partial charge in [-0.1, -0.05) is 24.3 Å². The molecule has 2 heterocycles. The quantitative estimate of drug-likeness (QED) is 0.396. The van der Waals surface area contributed by atoms with Crippen molar-refractivity contribution in [1.29, 1.82) is 0 Å². The number of nitrogens with zero attached hydrogens (tertiary/aromatic N) is 6. The van der Waals surface area contributed by atoms with Crippen molar-refractivity contribution in [2.24, 2.45) is 0 Å². The molecular weight excluding hydrogens is 372 g/mol. The fraction of sp³-hybridized carbons (Fsp3) is 0.700. The van der Waals surface area contributed by atoms with Gasteiger partial charge in [-0.15, -0.1) is 10.2 Å². The molecule has 0 bridgehead atoms. The number of aromatic nitrogens is 6. The minimum atomic E-state index is 0.307. The molecule has 0 aliphatic rings. The molecule has 0 unspecified atom stereocenters. The summed E-state index contributed by atoms with van der Waals surface area (Å²) in [4.78, 5) is 22.6. The van der Waals surface area contributed by atoms with E-state index < -0.39 is 0 Å². The van der Waals surface area contributed by atoms with Crippen LogP contribution in [0, 0.1) is 0 Å².